The van der Waals surface area contributed by atoms with Crippen molar-refractivity contribution in [3.63, 3.8) is 0 Å². The summed E-state index contributed by atoms with van der Waals surface area (Å²) in [5, 5.41) is 5.23. The van der Waals surface area contributed by atoms with Crippen LogP contribution >= 0.6 is 0 Å². The topological polar surface area (TPSA) is 0 Å². The van der Waals surface area contributed by atoms with Crippen LogP contribution in [0.1, 0.15) is 56.0 Å². The molecule has 0 aromatic heterocycles. The molecule has 9 rings (SSSR count). The number of rotatable bonds is 5. The van der Waals surface area contributed by atoms with E-state index in [0.29, 0.717) is 0 Å². The Balaban J connectivity index is 1.27. The summed E-state index contributed by atoms with van der Waals surface area (Å²) in [6.45, 7) is 13.7. The van der Waals surface area contributed by atoms with Crippen LogP contribution in [-0.4, -0.2) is 6.71 Å². The molecular formula is C51H43B. The van der Waals surface area contributed by atoms with E-state index in [0.717, 1.165) is 0 Å². The Kier molecular flexibility index (Phi) is 7.78. The molecule has 0 spiro atoms. The van der Waals surface area contributed by atoms with Gasteiger partial charge in [-0.1, -0.05) is 195 Å². The highest BCUT2D eigenvalue weighted by atomic mass is 14.3. The van der Waals surface area contributed by atoms with Crippen LogP contribution in [0.5, 0.6) is 0 Å². The van der Waals surface area contributed by atoms with Crippen molar-refractivity contribution in [3.05, 3.63) is 196 Å². The molecule has 0 saturated heterocycles. The number of aryl methyl sites for hydroxylation is 6. The molecule has 0 unspecified atom stereocenters. The first-order valence-electron chi connectivity index (χ1n) is 18.7. The molecule has 0 saturated carbocycles. The second kappa shape index (κ2) is 12.5. The number of hydrogen-bond donors (Lipinski definition) is 0. The van der Waals surface area contributed by atoms with Crippen LogP contribution < -0.4 is 16.4 Å². The van der Waals surface area contributed by atoms with Crippen LogP contribution in [0, 0.1) is 41.5 Å². The standard InChI is InChI=1S/C51H43B/c1-31-27-33(3)50(34(4)28-31)52(51-35(5)29-32(2)30-36(51)6)48-26-25-43(38-16-9-12-20-44(38)48)42-23-24-47(39-17-8-7-15-37(39)42)49-45-21-13-10-18-40(45)41-19-11-14-22-46(41)49/h7-30,49H,1-6H3. The lowest BCUT2D eigenvalue weighted by Gasteiger charge is -2.26. The summed E-state index contributed by atoms with van der Waals surface area (Å²) < 4.78 is 0. The van der Waals surface area contributed by atoms with Gasteiger partial charge in [-0.05, 0) is 102 Å². The summed E-state index contributed by atoms with van der Waals surface area (Å²) in [6.07, 6.45) is 0. The highest BCUT2D eigenvalue weighted by Crippen LogP contribution is 2.50. The Morgan fingerprint density at radius 1 is 0.346 bits per heavy atom. The van der Waals surface area contributed by atoms with Crippen LogP contribution in [0.3, 0.4) is 0 Å². The lowest BCUT2D eigenvalue weighted by atomic mass is 9.33. The molecule has 8 aromatic carbocycles. The molecule has 0 heterocycles. The van der Waals surface area contributed by atoms with E-state index in [-0.39, 0.29) is 12.6 Å². The van der Waals surface area contributed by atoms with Gasteiger partial charge >= 0.3 is 0 Å². The predicted octanol–water partition coefficient (Wildman–Crippen LogP) is 11.2. The van der Waals surface area contributed by atoms with Crippen molar-refractivity contribution in [1.29, 1.82) is 0 Å². The minimum atomic E-state index is 0.113. The molecule has 1 aliphatic rings. The van der Waals surface area contributed by atoms with Gasteiger partial charge in [0.25, 0.3) is 0 Å². The molecule has 0 nitrogen and oxygen atoms in total. The fourth-order valence-corrected chi connectivity index (χ4v) is 9.86. The van der Waals surface area contributed by atoms with E-state index >= 15 is 0 Å². The van der Waals surface area contributed by atoms with E-state index in [9.17, 15) is 0 Å². The highest BCUT2D eigenvalue weighted by molar-refractivity contribution is 6.98. The molecule has 0 atom stereocenters. The fourth-order valence-electron chi connectivity index (χ4n) is 9.86. The van der Waals surface area contributed by atoms with E-state index in [1.54, 1.807) is 0 Å². The molecule has 0 fully saturated rings. The van der Waals surface area contributed by atoms with Gasteiger partial charge in [0.15, 0.2) is 0 Å². The Morgan fingerprint density at radius 3 is 1.27 bits per heavy atom. The first-order chi connectivity index (χ1) is 25.3. The monoisotopic (exact) mass is 666 g/mol. The summed E-state index contributed by atoms with van der Waals surface area (Å²) >= 11 is 0. The average Bonchev–Trinajstić information content (AvgIpc) is 3.47. The average molecular weight is 667 g/mol. The zero-order chi connectivity index (χ0) is 35.7. The summed E-state index contributed by atoms with van der Waals surface area (Å²) in [5.41, 5.74) is 21.7. The van der Waals surface area contributed by atoms with Gasteiger partial charge < -0.3 is 0 Å². The SMILES string of the molecule is Cc1cc(C)c(B(c2c(C)cc(C)cc2C)c2ccc(-c3ccc(C4c5ccccc5-c5ccccc54)c4ccccc34)c3ccccc23)c(C)c1. The third-order valence-electron chi connectivity index (χ3n) is 11.7. The highest BCUT2D eigenvalue weighted by Gasteiger charge is 2.32. The largest absolute Gasteiger partial charge is 0.243 e. The van der Waals surface area contributed by atoms with Gasteiger partial charge in [0.1, 0.15) is 0 Å². The van der Waals surface area contributed by atoms with Crippen molar-refractivity contribution >= 4 is 44.6 Å². The van der Waals surface area contributed by atoms with Crippen molar-refractivity contribution in [2.24, 2.45) is 0 Å². The second-order valence-corrected chi connectivity index (χ2v) is 15.2. The molecule has 52 heavy (non-hydrogen) atoms. The molecule has 0 N–H and O–H groups in total. The van der Waals surface area contributed by atoms with E-state index in [1.807, 2.05) is 0 Å². The van der Waals surface area contributed by atoms with Crippen molar-refractivity contribution in [2.45, 2.75) is 47.5 Å². The van der Waals surface area contributed by atoms with Gasteiger partial charge in [-0.2, -0.15) is 0 Å². The molecule has 0 amide bonds. The predicted molar refractivity (Wildman–Crippen MR) is 226 cm³/mol. The summed E-state index contributed by atoms with van der Waals surface area (Å²) in [7, 11) is 0. The quantitative estimate of drug-likeness (QED) is 0.160. The maximum atomic E-state index is 2.44. The summed E-state index contributed by atoms with van der Waals surface area (Å²) in [4.78, 5) is 0. The molecule has 1 heteroatoms. The van der Waals surface area contributed by atoms with Gasteiger partial charge in [-0.25, -0.2) is 0 Å². The van der Waals surface area contributed by atoms with Gasteiger partial charge in [0.2, 0.25) is 6.71 Å². The Hall–Kier alpha value is -5.66. The third-order valence-corrected chi connectivity index (χ3v) is 11.7. The molecule has 0 aliphatic heterocycles. The Morgan fingerprint density at radius 2 is 0.750 bits per heavy atom. The Bertz CT molecular complexity index is 2560. The normalized spacial score (nSPS) is 12.3. The van der Waals surface area contributed by atoms with E-state index in [4.69, 9.17) is 0 Å². The maximum absolute atomic E-state index is 2.44. The van der Waals surface area contributed by atoms with Crippen molar-refractivity contribution in [1.82, 2.24) is 0 Å². The zero-order valence-electron chi connectivity index (χ0n) is 31.0. The smallest absolute Gasteiger partial charge is 0.0657 e. The lowest BCUT2D eigenvalue weighted by Crippen LogP contribution is -2.56. The van der Waals surface area contributed by atoms with Gasteiger partial charge in [0.05, 0.1) is 0 Å². The van der Waals surface area contributed by atoms with Crippen LogP contribution in [0.4, 0.5) is 0 Å². The first-order valence-corrected chi connectivity index (χ1v) is 18.7. The van der Waals surface area contributed by atoms with Crippen LogP contribution in [-0.2, 0) is 0 Å². The fraction of sp³-hybridized carbons (Fsp3) is 0.137. The van der Waals surface area contributed by atoms with Crippen LogP contribution in [0.15, 0.2) is 146 Å². The number of benzene rings is 8. The van der Waals surface area contributed by atoms with E-state index < -0.39 is 0 Å². The molecule has 0 radical (unpaired) electrons. The van der Waals surface area contributed by atoms with Gasteiger partial charge in [-0.3, -0.25) is 0 Å². The maximum Gasteiger partial charge on any atom is 0.243 e. The minimum absolute atomic E-state index is 0.113. The van der Waals surface area contributed by atoms with E-state index in [2.05, 4.69) is 187 Å². The number of fused-ring (bicyclic) bond motifs is 5. The van der Waals surface area contributed by atoms with Crippen LogP contribution in [0.2, 0.25) is 0 Å². The first kappa shape index (κ1) is 32.3. The van der Waals surface area contributed by atoms with Crippen LogP contribution in [0.25, 0.3) is 43.8 Å². The zero-order valence-corrected chi connectivity index (χ0v) is 31.0. The molecule has 250 valence electrons. The third kappa shape index (κ3) is 5.06. The Labute approximate surface area is 308 Å². The second-order valence-electron chi connectivity index (χ2n) is 15.2. The summed E-state index contributed by atoms with van der Waals surface area (Å²) in [5.74, 6) is 0.202. The van der Waals surface area contributed by atoms with Gasteiger partial charge in [-0.15, -0.1) is 0 Å². The molecular weight excluding hydrogens is 623 g/mol. The van der Waals surface area contributed by atoms with Crippen molar-refractivity contribution in [3.8, 4) is 22.3 Å². The van der Waals surface area contributed by atoms with E-state index in [1.165, 1.54) is 110 Å². The molecule has 1 aliphatic carbocycles. The minimum Gasteiger partial charge on any atom is -0.0657 e. The summed E-state index contributed by atoms with van der Waals surface area (Å²) in [6, 6.07) is 55.2. The molecule has 8 aromatic rings. The lowest BCUT2D eigenvalue weighted by molar-refractivity contribution is 1.03. The van der Waals surface area contributed by atoms with Crippen molar-refractivity contribution in [2.75, 3.05) is 0 Å². The molecule has 0 bridgehead atoms. The van der Waals surface area contributed by atoms with Gasteiger partial charge in [0, 0.05) is 5.92 Å². The number of hydrogen-bond acceptors (Lipinski definition) is 0. The van der Waals surface area contributed by atoms with Crippen molar-refractivity contribution < 1.29 is 0 Å².